The molecular formula is C75H66BF28N. The van der Waals surface area contributed by atoms with Gasteiger partial charge >= 0.3 is 0 Å². The zero-order chi connectivity index (χ0) is 77.5. The molecule has 0 saturated heterocycles. The van der Waals surface area contributed by atoms with E-state index in [4.69, 9.17) is 0 Å². The molecular weight excluding hydrogens is 1460 g/mol. The van der Waals surface area contributed by atoms with Crippen LogP contribution in [0.1, 0.15) is 174 Å². The molecule has 0 bridgehead atoms. The van der Waals surface area contributed by atoms with Crippen LogP contribution in [-0.4, -0.2) is 19.2 Å². The van der Waals surface area contributed by atoms with Crippen molar-refractivity contribution in [2.24, 2.45) is 0 Å². The Morgan fingerprint density at radius 1 is 0.210 bits per heavy atom. The number of unbranched alkanes of at least 4 members (excludes halogenated alkanes) is 22. The van der Waals surface area contributed by atoms with Crippen molar-refractivity contribution in [3.63, 3.8) is 0 Å². The minimum Gasteiger partial charge on any atom is -0.302 e. The molecule has 1 atom stereocenters. The first kappa shape index (κ1) is 82.7. The third kappa shape index (κ3) is 15.4. The highest BCUT2D eigenvalue weighted by atomic mass is 19.2. The summed E-state index contributed by atoms with van der Waals surface area (Å²) >= 11 is 0. The molecule has 0 spiro atoms. The molecule has 9 aromatic rings. The van der Waals surface area contributed by atoms with Crippen molar-refractivity contribution in [1.29, 1.82) is 0 Å². The van der Waals surface area contributed by atoms with Gasteiger partial charge in [0.1, 0.15) is 58.4 Å². The van der Waals surface area contributed by atoms with Gasteiger partial charge < -0.3 is 4.90 Å². The van der Waals surface area contributed by atoms with Gasteiger partial charge in [-0.1, -0.05) is 160 Å². The number of halogens is 28. The minimum absolute atomic E-state index is 1.32. The second kappa shape index (κ2) is 35.2. The van der Waals surface area contributed by atoms with E-state index in [1.54, 1.807) is 10.6 Å². The van der Waals surface area contributed by atoms with Crippen LogP contribution in [0, 0.1) is 170 Å². The summed E-state index contributed by atoms with van der Waals surface area (Å²) in [5.74, 6) is -102. The third-order valence-corrected chi connectivity index (χ3v) is 19.4. The van der Waals surface area contributed by atoms with Gasteiger partial charge in [0.25, 0.3) is 0 Å². The zero-order valence-corrected chi connectivity index (χ0v) is 56.4. The first-order valence-electron chi connectivity index (χ1n) is 34.1. The van der Waals surface area contributed by atoms with E-state index in [0.717, 1.165) is 0 Å². The molecule has 0 saturated carbocycles. The summed E-state index contributed by atoms with van der Waals surface area (Å²) < 4.78 is 442. The normalized spacial score (nSPS) is 12.3. The summed E-state index contributed by atoms with van der Waals surface area (Å²) in [6.45, 7) is 9.55. The Bertz CT molecular complexity index is 4260. The Morgan fingerprint density at radius 2 is 0.381 bits per heavy atom. The lowest BCUT2D eigenvalue weighted by Crippen LogP contribution is -3.07. The van der Waals surface area contributed by atoms with Gasteiger partial charge in [0, 0.05) is 5.56 Å². The Balaban J connectivity index is 0.000000328. The average molecular weight is 1520 g/mol. The van der Waals surface area contributed by atoms with E-state index >= 15 is 87.8 Å². The number of hydrogen-bond acceptors (Lipinski definition) is 0. The minimum atomic E-state index is -7.99. The van der Waals surface area contributed by atoms with Crippen LogP contribution in [0.15, 0.2) is 24.3 Å². The maximum atomic E-state index is 17.4. The molecule has 0 aromatic heterocycles. The summed E-state index contributed by atoms with van der Waals surface area (Å²) in [6.07, 6.45) is 26.6. The number of aryl methyl sites for hydroxylation is 1. The average Bonchev–Trinajstić information content (AvgIpc) is 0.668. The van der Waals surface area contributed by atoms with Gasteiger partial charge in [-0.25, -0.2) is 123 Å². The maximum Gasteiger partial charge on any atom is 0.198 e. The van der Waals surface area contributed by atoms with E-state index in [1.165, 1.54) is 173 Å². The summed E-state index contributed by atoms with van der Waals surface area (Å²) in [7, 11) is 0. The SMILES string of the molecule is CCCCCCCCCCCCCCCCCC[NH+](CCCCCCCCCC)c1ccccc1C.Fc1c(F)c(F)c2c(F)c([B-](c3c(F)c(F)c4c(F)c(F)c(F)c(F)c4c3F)(c3c(F)c(F)c4c(F)c(F)c(F)c(F)c4c3F)c3c(F)c(F)c4c(F)c(F)c(F)c(F)c4c3F)c(F)c(F)c2c1F. The van der Waals surface area contributed by atoms with Crippen molar-refractivity contribution >= 4 is 76.8 Å². The Labute approximate surface area is 583 Å². The lowest BCUT2D eigenvalue weighted by atomic mass is 9.12. The molecule has 9 aromatic carbocycles. The predicted molar refractivity (Wildman–Crippen MR) is 343 cm³/mol. The summed E-state index contributed by atoms with van der Waals surface area (Å²) in [4.78, 5) is 1.74. The highest BCUT2D eigenvalue weighted by molar-refractivity contribution is 7.20. The fourth-order valence-electron chi connectivity index (χ4n) is 14.1. The van der Waals surface area contributed by atoms with Crippen molar-refractivity contribution in [2.45, 2.75) is 175 Å². The van der Waals surface area contributed by atoms with Crippen LogP contribution >= 0.6 is 0 Å². The van der Waals surface area contributed by atoms with Crippen molar-refractivity contribution < 1.29 is 128 Å². The first-order chi connectivity index (χ1) is 49.8. The van der Waals surface area contributed by atoms with Gasteiger partial charge in [0.05, 0.1) is 56.2 Å². The monoisotopic (exact) mass is 1520 g/mol. The highest BCUT2D eigenvalue weighted by Gasteiger charge is 2.53. The van der Waals surface area contributed by atoms with Gasteiger partial charge in [-0.2, -0.15) is 0 Å². The smallest absolute Gasteiger partial charge is 0.198 e. The van der Waals surface area contributed by atoms with Crippen molar-refractivity contribution in [3.05, 3.63) is 193 Å². The summed E-state index contributed by atoms with van der Waals surface area (Å²) in [5.41, 5.74) is -12.8. The maximum absolute atomic E-state index is 17.4. The Hall–Kier alpha value is -7.92. The lowest BCUT2D eigenvalue weighted by molar-refractivity contribution is -0.833. The number of rotatable bonds is 31. The largest absolute Gasteiger partial charge is 0.302 e. The molecule has 0 aliphatic carbocycles. The summed E-state index contributed by atoms with van der Waals surface area (Å²) in [5, 5.41) is -25.0. The fraction of sp³-hybridized carbons (Fsp3) is 0.387. The van der Waals surface area contributed by atoms with E-state index in [1.807, 2.05) is 0 Å². The number of quaternary nitrogens is 1. The van der Waals surface area contributed by atoms with Gasteiger partial charge in [0.2, 0.25) is 0 Å². The fourth-order valence-corrected chi connectivity index (χ4v) is 14.1. The van der Waals surface area contributed by atoms with Crippen molar-refractivity contribution in [2.75, 3.05) is 13.1 Å². The standard InChI is InChI=1S/C40BF28.C35H65N/c42-13-1-5(25(54)37(66)33(62)21(1)50)17(46)29(58)9(13)41(10-14(43)2-6(18(47)30(10)59)26(55)38(67)34(63)22(2)51,11-15(44)3-7(19(48)31(11)60)27(56)39(68)35(64)23(3)52)12-16(45)4-8(20(49)32(12)61)28(57)40(69)36(65)24(4)53;1-4-6-8-10-12-14-15-16-17-18-19-20-21-23-25-29-33-36(35-31-27-26-30-34(35)3)32-28-24-22-13-11-9-7-5-2/h;26-27,30-31H,4-25,28-29,32-33H2,1-3H3/q-1;/p+1. The van der Waals surface area contributed by atoms with Crippen LogP contribution in [-0.2, 0) is 0 Å². The van der Waals surface area contributed by atoms with Gasteiger partial charge in [-0.15, -0.1) is 21.9 Å². The summed E-state index contributed by atoms with van der Waals surface area (Å²) in [6, 6.07) is 9.11. The second-order valence-electron chi connectivity index (χ2n) is 26.0. The molecule has 0 amide bonds. The second-order valence-corrected chi connectivity index (χ2v) is 26.0. The van der Waals surface area contributed by atoms with Crippen LogP contribution < -0.4 is 26.8 Å². The molecule has 1 unspecified atom stereocenters. The number of fused-ring (bicyclic) bond motifs is 4. The number of para-hydroxylation sites is 1. The highest BCUT2D eigenvalue weighted by Crippen LogP contribution is 2.41. The molecule has 0 radical (unpaired) electrons. The van der Waals surface area contributed by atoms with E-state index in [-0.39, 0.29) is 0 Å². The topological polar surface area (TPSA) is 4.44 Å². The van der Waals surface area contributed by atoms with E-state index in [0.29, 0.717) is 0 Å². The van der Waals surface area contributed by atoms with Gasteiger partial charge in [-0.3, -0.25) is 0 Å². The predicted octanol–water partition coefficient (Wildman–Crippen LogP) is 22.5. The molecule has 105 heavy (non-hydrogen) atoms. The molecule has 0 aliphatic heterocycles. The van der Waals surface area contributed by atoms with Gasteiger partial charge in [-0.05, 0) is 38.7 Å². The van der Waals surface area contributed by atoms with Crippen LogP contribution in [0.4, 0.5) is 129 Å². The van der Waals surface area contributed by atoms with Crippen molar-refractivity contribution in [3.8, 4) is 0 Å². The lowest BCUT2D eigenvalue weighted by Gasteiger charge is -2.45. The third-order valence-electron chi connectivity index (χ3n) is 19.4. The molecule has 1 nitrogen and oxygen atoms in total. The van der Waals surface area contributed by atoms with Crippen LogP contribution in [0.3, 0.4) is 0 Å². The quantitative estimate of drug-likeness (QED) is 0.0145. The molecule has 0 heterocycles. The first-order valence-corrected chi connectivity index (χ1v) is 34.1. The number of benzene rings is 9. The van der Waals surface area contributed by atoms with E-state index in [9.17, 15) is 35.1 Å². The molecule has 1 N–H and O–H groups in total. The Morgan fingerprint density at radius 3 is 0.581 bits per heavy atom. The molecule has 0 fully saturated rings. The number of hydrogen-bond donors (Lipinski definition) is 1. The number of nitrogens with one attached hydrogen (secondary N) is 1. The Kier molecular flexibility index (Phi) is 27.7. The van der Waals surface area contributed by atoms with Crippen LogP contribution in [0.25, 0.3) is 43.1 Å². The van der Waals surface area contributed by atoms with Crippen LogP contribution in [0.5, 0.6) is 0 Å². The van der Waals surface area contributed by atoms with Gasteiger partial charge in [0.15, 0.2) is 116 Å². The molecule has 570 valence electrons. The van der Waals surface area contributed by atoms with E-state index < -0.39 is 234 Å². The van der Waals surface area contributed by atoms with E-state index in [2.05, 4.69) is 45.0 Å². The van der Waals surface area contributed by atoms with Crippen molar-refractivity contribution in [1.82, 2.24) is 0 Å². The zero-order valence-electron chi connectivity index (χ0n) is 56.4. The molecule has 0 aliphatic rings. The molecule has 30 heteroatoms. The van der Waals surface area contributed by atoms with Crippen LogP contribution in [0.2, 0.25) is 0 Å². The molecule has 9 rings (SSSR count).